The maximum atomic E-state index is 13.8. The molecule has 3 unspecified atom stereocenters. The lowest BCUT2D eigenvalue weighted by Gasteiger charge is -2.25. The molecule has 1 spiro atoms. The van der Waals surface area contributed by atoms with Crippen LogP contribution in [0.2, 0.25) is 0 Å². The van der Waals surface area contributed by atoms with E-state index in [0.29, 0.717) is 16.8 Å². The molecule has 1 aliphatic heterocycles. The van der Waals surface area contributed by atoms with E-state index in [2.05, 4.69) is 5.32 Å². The summed E-state index contributed by atoms with van der Waals surface area (Å²) in [6.45, 7) is 5.19. The molecule has 3 atom stereocenters. The van der Waals surface area contributed by atoms with Gasteiger partial charge in [-0.15, -0.1) is 0 Å². The largest absolute Gasteiger partial charge is 0.481 e. The van der Waals surface area contributed by atoms with Gasteiger partial charge in [0.1, 0.15) is 5.92 Å². The predicted molar refractivity (Wildman–Crippen MR) is 137 cm³/mol. The van der Waals surface area contributed by atoms with Crippen LogP contribution in [0.3, 0.4) is 0 Å². The van der Waals surface area contributed by atoms with Gasteiger partial charge in [0, 0.05) is 22.4 Å². The normalized spacial score (nSPS) is 21.4. The summed E-state index contributed by atoms with van der Waals surface area (Å²) in [7, 11) is 0. The van der Waals surface area contributed by atoms with Crippen LogP contribution in [0.4, 0.5) is 5.69 Å². The van der Waals surface area contributed by atoms with Crippen LogP contribution >= 0.6 is 0 Å². The van der Waals surface area contributed by atoms with E-state index in [4.69, 9.17) is 4.74 Å². The second-order valence-corrected chi connectivity index (χ2v) is 9.79. The maximum absolute atomic E-state index is 13.8. The minimum atomic E-state index is -2.38. The molecule has 8 heteroatoms. The zero-order valence-corrected chi connectivity index (χ0v) is 21.0. The second-order valence-electron chi connectivity index (χ2n) is 9.79. The molecule has 192 valence electrons. The number of anilines is 1. The van der Waals surface area contributed by atoms with Gasteiger partial charge in [-0.2, -0.15) is 0 Å². The number of amides is 1. The van der Waals surface area contributed by atoms with Gasteiger partial charge in [-0.3, -0.25) is 24.0 Å². The van der Waals surface area contributed by atoms with Gasteiger partial charge in [-0.05, 0) is 61.7 Å². The van der Waals surface area contributed by atoms with E-state index in [9.17, 15) is 29.1 Å². The fraction of sp³-hybridized carbons (Fsp3) is 0.233. The summed E-state index contributed by atoms with van der Waals surface area (Å²) >= 11 is 0. The smallest absolute Gasteiger partial charge is 0.311 e. The number of hydrogen-bond donors (Lipinski definition) is 2. The Morgan fingerprint density at radius 1 is 0.868 bits per heavy atom. The predicted octanol–water partition coefficient (Wildman–Crippen LogP) is 4.35. The van der Waals surface area contributed by atoms with E-state index in [0.717, 1.165) is 11.1 Å². The monoisotopic (exact) mass is 511 g/mol. The minimum absolute atomic E-state index is 0.0727. The molecular formula is C30H25NO7. The van der Waals surface area contributed by atoms with Crippen molar-refractivity contribution in [1.29, 1.82) is 0 Å². The average molecular weight is 512 g/mol. The summed E-state index contributed by atoms with van der Waals surface area (Å²) in [5.41, 5.74) is 0.887. The number of carboxylic acids is 1. The van der Waals surface area contributed by atoms with Crippen molar-refractivity contribution in [2.24, 2.45) is 11.8 Å². The van der Waals surface area contributed by atoms with Crippen molar-refractivity contribution in [3.63, 3.8) is 0 Å². The zero-order chi connectivity index (χ0) is 27.4. The van der Waals surface area contributed by atoms with E-state index in [1.807, 2.05) is 19.9 Å². The Morgan fingerprint density at radius 3 is 2.00 bits per heavy atom. The quantitative estimate of drug-likeness (QED) is 0.385. The Kier molecular flexibility index (Phi) is 6.07. The lowest BCUT2D eigenvalue weighted by Crippen LogP contribution is -2.52. The second kappa shape index (κ2) is 9.15. The molecule has 8 nitrogen and oxygen atoms in total. The highest BCUT2D eigenvalue weighted by molar-refractivity contribution is 6.34. The molecule has 38 heavy (non-hydrogen) atoms. The first-order chi connectivity index (χ1) is 18.1. The Balaban J connectivity index is 1.63. The highest BCUT2D eigenvalue weighted by Crippen LogP contribution is 2.54. The Hall–Kier alpha value is -4.43. The van der Waals surface area contributed by atoms with Crippen LogP contribution in [-0.4, -0.2) is 39.9 Å². The summed E-state index contributed by atoms with van der Waals surface area (Å²) in [5.74, 6) is -7.07. The molecule has 1 fully saturated rings. The number of hydrogen-bond acceptors (Lipinski definition) is 6. The van der Waals surface area contributed by atoms with Crippen molar-refractivity contribution in [3.05, 3.63) is 100 Å². The molecule has 3 aromatic carbocycles. The van der Waals surface area contributed by atoms with Gasteiger partial charge in [0.15, 0.2) is 5.78 Å². The molecule has 5 rings (SSSR count). The van der Waals surface area contributed by atoms with E-state index in [1.165, 1.54) is 31.2 Å². The third-order valence-corrected chi connectivity index (χ3v) is 7.51. The molecule has 0 bridgehead atoms. The van der Waals surface area contributed by atoms with Gasteiger partial charge < -0.3 is 15.2 Å². The average Bonchev–Trinajstić information content (AvgIpc) is 3.36. The third kappa shape index (κ3) is 3.76. The highest BCUT2D eigenvalue weighted by atomic mass is 16.5. The van der Waals surface area contributed by atoms with Gasteiger partial charge in [0.25, 0.3) is 0 Å². The van der Waals surface area contributed by atoms with Gasteiger partial charge in [0.05, 0.1) is 12.0 Å². The van der Waals surface area contributed by atoms with E-state index in [-0.39, 0.29) is 16.9 Å². The van der Waals surface area contributed by atoms with E-state index < -0.39 is 47.0 Å². The van der Waals surface area contributed by atoms with Gasteiger partial charge in [-0.25, -0.2) is 0 Å². The number of carbonyl (C=O) groups is 5. The molecule has 2 N–H and O–H groups in total. The zero-order valence-electron chi connectivity index (χ0n) is 21.0. The molecule has 0 saturated carbocycles. The fourth-order valence-electron chi connectivity index (χ4n) is 5.39. The van der Waals surface area contributed by atoms with Crippen LogP contribution in [0, 0.1) is 25.7 Å². The lowest BCUT2D eigenvalue weighted by molar-refractivity contribution is -0.147. The number of ketones is 3. The number of aliphatic carboxylic acids is 1. The number of ether oxygens (including phenoxy) is 1. The number of carboxylic acid groups (broad SMARTS) is 1. The van der Waals surface area contributed by atoms with Crippen molar-refractivity contribution >= 4 is 34.9 Å². The summed E-state index contributed by atoms with van der Waals surface area (Å²) < 4.78 is 6.21. The first-order valence-electron chi connectivity index (χ1n) is 12.1. The molecule has 0 aromatic heterocycles. The van der Waals surface area contributed by atoms with Gasteiger partial charge in [-0.1, -0.05) is 42.5 Å². The van der Waals surface area contributed by atoms with Crippen LogP contribution in [-0.2, 0) is 14.3 Å². The van der Waals surface area contributed by atoms with E-state index in [1.54, 1.807) is 36.4 Å². The first kappa shape index (κ1) is 25.2. The number of nitrogens with one attached hydrogen (secondary N) is 1. The highest BCUT2D eigenvalue weighted by Gasteiger charge is 2.71. The van der Waals surface area contributed by atoms with Gasteiger partial charge in [0.2, 0.25) is 23.1 Å². The molecular weight excluding hydrogens is 486 g/mol. The number of fused-ring (bicyclic) bond motifs is 1. The summed E-state index contributed by atoms with van der Waals surface area (Å²) in [6.07, 6.45) is -1.19. The van der Waals surface area contributed by atoms with Crippen molar-refractivity contribution in [2.75, 3.05) is 5.32 Å². The molecule has 3 aromatic rings. The number of rotatable bonds is 5. The lowest BCUT2D eigenvalue weighted by atomic mass is 9.75. The minimum Gasteiger partial charge on any atom is -0.481 e. The number of carbonyl (C=O) groups excluding carboxylic acids is 4. The summed E-state index contributed by atoms with van der Waals surface area (Å²) in [6, 6.07) is 17.5. The number of aryl methyl sites for hydroxylation is 2. The van der Waals surface area contributed by atoms with Crippen molar-refractivity contribution < 1.29 is 33.8 Å². The third-order valence-electron chi connectivity index (χ3n) is 7.51. The Bertz CT molecular complexity index is 1490. The van der Waals surface area contributed by atoms with Crippen LogP contribution in [0.1, 0.15) is 60.8 Å². The Labute approximate surface area is 218 Å². The van der Waals surface area contributed by atoms with Crippen molar-refractivity contribution in [3.8, 4) is 0 Å². The Morgan fingerprint density at radius 2 is 1.47 bits per heavy atom. The summed E-state index contributed by atoms with van der Waals surface area (Å²) in [5, 5.41) is 13.1. The standard InChI is InChI=1S/C30H25NO7/c1-15-8-9-19(14-16(15)2)25-23(28(35)31-20-12-10-18(11-13-20)17(3)32)24(29(36)37)30(38-25)26(33)21-6-4-5-7-22(21)27(30)34/h4-14,23-25H,1-3H3,(H,31,35)(H,36,37). The van der Waals surface area contributed by atoms with Crippen LogP contribution in [0.5, 0.6) is 0 Å². The molecule has 1 heterocycles. The fourth-order valence-corrected chi connectivity index (χ4v) is 5.39. The van der Waals surface area contributed by atoms with Crippen LogP contribution < -0.4 is 5.32 Å². The number of benzene rings is 3. The SMILES string of the molecule is CC(=O)c1ccc(NC(=O)C2C(c3ccc(C)c(C)c3)OC3(C(=O)c4ccccc4C3=O)C2C(=O)O)cc1. The first-order valence-corrected chi connectivity index (χ1v) is 12.1. The number of Topliss-reactive ketones (excluding diaryl/α,β-unsaturated/α-hetero) is 3. The molecule has 1 amide bonds. The molecule has 1 saturated heterocycles. The molecule has 2 aliphatic rings. The van der Waals surface area contributed by atoms with Crippen molar-refractivity contribution in [2.45, 2.75) is 32.5 Å². The van der Waals surface area contributed by atoms with E-state index >= 15 is 0 Å². The van der Waals surface area contributed by atoms with Crippen LogP contribution in [0.25, 0.3) is 0 Å². The summed E-state index contributed by atoms with van der Waals surface area (Å²) in [4.78, 5) is 65.6. The van der Waals surface area contributed by atoms with Gasteiger partial charge >= 0.3 is 5.97 Å². The van der Waals surface area contributed by atoms with Crippen molar-refractivity contribution in [1.82, 2.24) is 0 Å². The van der Waals surface area contributed by atoms with Crippen LogP contribution in [0.15, 0.2) is 66.7 Å². The topological polar surface area (TPSA) is 127 Å². The molecule has 1 aliphatic carbocycles. The maximum Gasteiger partial charge on any atom is 0.311 e. The molecule has 0 radical (unpaired) electrons.